The second-order valence-electron chi connectivity index (χ2n) is 11.7. The first-order chi connectivity index (χ1) is 22.9. The van der Waals surface area contributed by atoms with E-state index >= 15 is 0 Å². The van der Waals surface area contributed by atoms with Gasteiger partial charge in [-0.3, -0.25) is 13.8 Å². The molecule has 0 radical (unpaired) electrons. The number of carbonyl (C=O) groups excluding carboxylic acids is 1. The van der Waals surface area contributed by atoms with Crippen molar-refractivity contribution in [2.75, 3.05) is 19.8 Å². The van der Waals surface area contributed by atoms with E-state index in [1.165, 1.54) is 32.1 Å². The molecule has 9 heteroatoms. The first kappa shape index (κ1) is 44.9. The number of carbonyl (C=O) groups is 1. The first-order valence-corrected chi connectivity index (χ1v) is 19.6. The Hall–Kier alpha value is -2.06. The average molecular weight is 679 g/mol. The Labute approximate surface area is 287 Å². The average Bonchev–Trinajstić information content (AvgIpc) is 3.05. The molecule has 0 aliphatic carbocycles. The molecule has 8 nitrogen and oxygen atoms in total. The van der Waals surface area contributed by atoms with Gasteiger partial charge in [-0.2, -0.15) is 0 Å². The standard InChI is InChI=1S/C38H67N2O6P/c1-3-5-7-9-11-13-14-15-16-17-18-19-20-21-22-24-26-28-30-32-38(42)40-36(35-46-47(43,44)45-34-33-39)37(41)31-29-27-25-23-12-10-8-6-4-2/h5,7,11,13,15-16,18-19,21-22,29,31,36-37,41H,3-4,6,8-10,12,14,17,20,23-28,30,32-35,39H2,1-2H3,(H,40,42)(H,43,44)/b7-5-,13-11-,16-15-,19-18-,22-21-,31-29+. The molecule has 0 fully saturated rings. The molecule has 0 aliphatic heterocycles. The van der Waals surface area contributed by atoms with Gasteiger partial charge in [0.15, 0.2) is 0 Å². The van der Waals surface area contributed by atoms with Crippen LogP contribution in [0.2, 0.25) is 0 Å². The molecule has 3 atom stereocenters. The van der Waals surface area contributed by atoms with Crippen LogP contribution in [0.1, 0.15) is 129 Å². The van der Waals surface area contributed by atoms with Crippen LogP contribution in [0.5, 0.6) is 0 Å². The molecule has 0 aromatic heterocycles. The predicted molar refractivity (Wildman–Crippen MR) is 198 cm³/mol. The molecule has 0 aromatic rings. The fourth-order valence-electron chi connectivity index (χ4n) is 4.57. The molecule has 3 unspecified atom stereocenters. The second kappa shape index (κ2) is 33.8. The van der Waals surface area contributed by atoms with E-state index in [1.54, 1.807) is 6.08 Å². The van der Waals surface area contributed by atoms with Crippen LogP contribution in [0, 0.1) is 0 Å². The molecule has 0 heterocycles. The molecule has 0 aliphatic rings. The summed E-state index contributed by atoms with van der Waals surface area (Å²) in [6, 6.07) is -0.879. The Bertz CT molecular complexity index is 960. The van der Waals surface area contributed by atoms with E-state index in [0.29, 0.717) is 12.8 Å². The molecule has 1 amide bonds. The van der Waals surface area contributed by atoms with E-state index in [0.717, 1.165) is 70.6 Å². The summed E-state index contributed by atoms with van der Waals surface area (Å²) in [6.07, 6.45) is 42.4. The lowest BCUT2D eigenvalue weighted by molar-refractivity contribution is -0.123. The van der Waals surface area contributed by atoms with Crippen LogP contribution < -0.4 is 11.1 Å². The Morgan fingerprint density at radius 3 is 1.81 bits per heavy atom. The maximum Gasteiger partial charge on any atom is 0.472 e. The number of unbranched alkanes of at least 4 members (excludes halogenated alkanes) is 10. The number of nitrogens with two attached hydrogens (primary N) is 1. The van der Waals surface area contributed by atoms with Crippen molar-refractivity contribution in [3.05, 3.63) is 72.9 Å². The molecule has 0 saturated carbocycles. The summed E-state index contributed by atoms with van der Waals surface area (Å²) in [5, 5.41) is 13.5. The van der Waals surface area contributed by atoms with E-state index in [-0.39, 0.29) is 25.7 Å². The first-order valence-electron chi connectivity index (χ1n) is 18.1. The maximum absolute atomic E-state index is 12.6. The van der Waals surface area contributed by atoms with Crippen molar-refractivity contribution in [2.45, 2.75) is 142 Å². The van der Waals surface area contributed by atoms with Gasteiger partial charge in [0.25, 0.3) is 0 Å². The topological polar surface area (TPSA) is 131 Å². The van der Waals surface area contributed by atoms with Crippen LogP contribution in [0.4, 0.5) is 0 Å². The third-order valence-electron chi connectivity index (χ3n) is 7.29. The van der Waals surface area contributed by atoms with Gasteiger partial charge in [-0.1, -0.05) is 132 Å². The smallest absolute Gasteiger partial charge is 0.387 e. The van der Waals surface area contributed by atoms with Crippen molar-refractivity contribution in [3.63, 3.8) is 0 Å². The van der Waals surface area contributed by atoms with Gasteiger partial charge in [-0.25, -0.2) is 4.57 Å². The normalized spacial score (nSPS) is 15.3. The molecular formula is C38H67N2O6P. The number of aliphatic hydroxyl groups excluding tert-OH is 1. The Morgan fingerprint density at radius 2 is 1.23 bits per heavy atom. The van der Waals surface area contributed by atoms with Gasteiger partial charge in [0.2, 0.25) is 5.91 Å². The van der Waals surface area contributed by atoms with Crippen LogP contribution in [0.15, 0.2) is 72.9 Å². The SMILES string of the molecule is CC/C=C\C/C=C\C/C=C\C/C=C\C/C=C\CCCCCC(=O)NC(COP(=O)(O)OCCN)C(O)/C=C/CCCCCCCCC. The number of phosphoric ester groups is 1. The Kier molecular flexibility index (Phi) is 32.3. The summed E-state index contributed by atoms with van der Waals surface area (Å²) in [5.41, 5.74) is 5.34. The van der Waals surface area contributed by atoms with E-state index in [9.17, 15) is 19.4 Å². The quantitative estimate of drug-likeness (QED) is 0.0317. The Balaban J connectivity index is 4.37. The monoisotopic (exact) mass is 678 g/mol. The molecule has 0 bridgehead atoms. The van der Waals surface area contributed by atoms with Crippen molar-refractivity contribution in [3.8, 4) is 0 Å². The molecule has 5 N–H and O–H groups in total. The largest absolute Gasteiger partial charge is 0.472 e. The molecule has 0 saturated heterocycles. The van der Waals surface area contributed by atoms with Crippen molar-refractivity contribution in [1.82, 2.24) is 5.32 Å². The Morgan fingerprint density at radius 1 is 0.723 bits per heavy atom. The van der Waals surface area contributed by atoms with Gasteiger partial charge in [0.05, 0.1) is 25.4 Å². The van der Waals surface area contributed by atoms with Gasteiger partial charge in [-0.05, 0) is 64.2 Å². The lowest BCUT2D eigenvalue weighted by Gasteiger charge is -2.23. The van der Waals surface area contributed by atoms with E-state index in [1.807, 2.05) is 6.08 Å². The summed E-state index contributed by atoms with van der Waals surface area (Å²) < 4.78 is 21.9. The highest BCUT2D eigenvalue weighted by atomic mass is 31.2. The van der Waals surface area contributed by atoms with Crippen LogP contribution in [-0.2, 0) is 18.4 Å². The van der Waals surface area contributed by atoms with Gasteiger partial charge in [-0.15, -0.1) is 0 Å². The second-order valence-corrected chi connectivity index (χ2v) is 13.1. The van der Waals surface area contributed by atoms with Gasteiger partial charge >= 0.3 is 7.82 Å². The van der Waals surface area contributed by atoms with E-state index in [2.05, 4.69) is 79.9 Å². The third-order valence-corrected chi connectivity index (χ3v) is 8.27. The number of phosphoric acid groups is 1. The fraction of sp³-hybridized carbons (Fsp3) is 0.658. The highest BCUT2D eigenvalue weighted by Gasteiger charge is 2.26. The van der Waals surface area contributed by atoms with E-state index in [4.69, 9.17) is 14.8 Å². The zero-order chi connectivity index (χ0) is 34.7. The summed E-state index contributed by atoms with van der Waals surface area (Å²) in [4.78, 5) is 22.5. The summed E-state index contributed by atoms with van der Waals surface area (Å²) in [6.45, 7) is 3.92. The summed E-state index contributed by atoms with van der Waals surface area (Å²) >= 11 is 0. The number of aliphatic hydroxyl groups is 1. The van der Waals surface area contributed by atoms with Crippen molar-refractivity contribution in [1.29, 1.82) is 0 Å². The van der Waals surface area contributed by atoms with Crippen LogP contribution in [-0.4, -0.2) is 47.8 Å². The molecule has 270 valence electrons. The number of hydrogen-bond acceptors (Lipinski definition) is 6. The number of hydrogen-bond donors (Lipinski definition) is 4. The zero-order valence-corrected chi connectivity index (χ0v) is 30.4. The number of rotatable bonds is 32. The fourth-order valence-corrected chi connectivity index (χ4v) is 5.33. The number of allylic oxidation sites excluding steroid dienone is 11. The van der Waals surface area contributed by atoms with Gasteiger partial charge < -0.3 is 21.1 Å². The highest BCUT2D eigenvalue weighted by molar-refractivity contribution is 7.47. The maximum atomic E-state index is 12.6. The summed E-state index contributed by atoms with van der Waals surface area (Å²) in [7, 11) is -4.34. The summed E-state index contributed by atoms with van der Waals surface area (Å²) in [5.74, 6) is -0.233. The van der Waals surface area contributed by atoms with E-state index < -0.39 is 20.0 Å². The molecular weight excluding hydrogens is 611 g/mol. The van der Waals surface area contributed by atoms with Gasteiger partial charge in [0.1, 0.15) is 0 Å². The lowest BCUT2D eigenvalue weighted by Crippen LogP contribution is -2.45. The highest BCUT2D eigenvalue weighted by Crippen LogP contribution is 2.43. The minimum absolute atomic E-state index is 0.0686. The lowest BCUT2D eigenvalue weighted by atomic mass is 10.1. The van der Waals surface area contributed by atoms with Gasteiger partial charge in [0, 0.05) is 13.0 Å². The van der Waals surface area contributed by atoms with Crippen molar-refractivity contribution in [2.24, 2.45) is 5.73 Å². The number of amides is 1. The van der Waals surface area contributed by atoms with Crippen LogP contribution in [0.25, 0.3) is 0 Å². The third kappa shape index (κ3) is 32.3. The minimum atomic E-state index is -4.34. The predicted octanol–water partition coefficient (Wildman–Crippen LogP) is 9.32. The van der Waals surface area contributed by atoms with Crippen molar-refractivity contribution >= 4 is 13.7 Å². The molecule has 0 rings (SSSR count). The molecule has 0 aromatic carbocycles. The zero-order valence-electron chi connectivity index (χ0n) is 29.5. The molecule has 0 spiro atoms. The van der Waals surface area contributed by atoms with Crippen LogP contribution in [0.3, 0.4) is 0 Å². The molecule has 47 heavy (non-hydrogen) atoms. The minimum Gasteiger partial charge on any atom is -0.387 e. The number of nitrogens with one attached hydrogen (secondary N) is 1. The van der Waals surface area contributed by atoms with Crippen LogP contribution >= 0.6 is 7.82 Å². The van der Waals surface area contributed by atoms with Crippen molar-refractivity contribution < 1.29 is 28.4 Å².